The van der Waals surface area contributed by atoms with Crippen LogP contribution in [0.2, 0.25) is 0 Å². The Morgan fingerprint density at radius 3 is 2.81 bits per heavy atom. The molecule has 0 radical (unpaired) electrons. The zero-order valence-electron chi connectivity index (χ0n) is 10.1. The van der Waals surface area contributed by atoms with Crippen molar-refractivity contribution in [2.24, 2.45) is 7.05 Å². The van der Waals surface area contributed by atoms with Crippen molar-refractivity contribution < 1.29 is 14.6 Å². The molecule has 1 atom stereocenters. The first kappa shape index (κ1) is 13.2. The van der Waals surface area contributed by atoms with Crippen LogP contribution in [-0.4, -0.2) is 47.9 Å². The molecule has 0 aliphatic carbocycles. The van der Waals surface area contributed by atoms with Gasteiger partial charge in [-0.15, -0.1) is 0 Å². The highest BCUT2D eigenvalue weighted by Gasteiger charge is 2.09. The van der Waals surface area contributed by atoms with Crippen LogP contribution in [-0.2, 0) is 22.9 Å². The molecule has 1 aromatic heterocycles. The third-order valence-corrected chi connectivity index (χ3v) is 2.29. The second kappa shape index (κ2) is 6.62. The maximum Gasteiger partial charge on any atom is 0.0828 e. The van der Waals surface area contributed by atoms with Crippen molar-refractivity contribution in [3.05, 3.63) is 17.5 Å². The van der Waals surface area contributed by atoms with Gasteiger partial charge < -0.3 is 14.6 Å². The van der Waals surface area contributed by atoms with E-state index in [1.54, 1.807) is 11.8 Å². The third-order valence-electron chi connectivity index (χ3n) is 2.29. The van der Waals surface area contributed by atoms with Gasteiger partial charge >= 0.3 is 0 Å². The molecule has 5 heteroatoms. The van der Waals surface area contributed by atoms with Crippen molar-refractivity contribution in [3.8, 4) is 0 Å². The third kappa shape index (κ3) is 4.30. The molecule has 0 amide bonds. The van der Waals surface area contributed by atoms with Gasteiger partial charge in [-0.1, -0.05) is 0 Å². The average Bonchev–Trinajstić information content (AvgIpc) is 2.52. The average molecular weight is 228 g/mol. The molecular weight excluding hydrogens is 208 g/mol. The largest absolute Gasteiger partial charge is 0.390 e. The Kier molecular flexibility index (Phi) is 5.45. The lowest BCUT2D eigenvalue weighted by Gasteiger charge is -2.11. The molecule has 0 bridgehead atoms. The highest BCUT2D eigenvalue weighted by Crippen LogP contribution is 2.05. The molecule has 5 nitrogen and oxygen atoms in total. The predicted molar refractivity (Wildman–Crippen MR) is 60.4 cm³/mol. The van der Waals surface area contributed by atoms with Crippen LogP contribution >= 0.6 is 0 Å². The highest BCUT2D eigenvalue weighted by atomic mass is 16.5. The van der Waals surface area contributed by atoms with Gasteiger partial charge in [0.15, 0.2) is 0 Å². The van der Waals surface area contributed by atoms with E-state index in [4.69, 9.17) is 9.47 Å². The lowest BCUT2D eigenvalue weighted by molar-refractivity contribution is 0.0131. The van der Waals surface area contributed by atoms with Crippen LogP contribution < -0.4 is 0 Å². The molecule has 1 aromatic rings. The molecule has 0 fully saturated rings. The van der Waals surface area contributed by atoms with Crippen molar-refractivity contribution in [2.75, 3.05) is 26.9 Å². The van der Waals surface area contributed by atoms with Crippen molar-refractivity contribution in [3.63, 3.8) is 0 Å². The molecule has 16 heavy (non-hydrogen) atoms. The first-order valence-corrected chi connectivity index (χ1v) is 5.37. The first-order chi connectivity index (χ1) is 7.63. The van der Waals surface area contributed by atoms with E-state index >= 15 is 0 Å². The highest BCUT2D eigenvalue weighted by molar-refractivity contribution is 5.09. The summed E-state index contributed by atoms with van der Waals surface area (Å²) in [6.45, 7) is 3.33. The minimum atomic E-state index is -0.494. The van der Waals surface area contributed by atoms with Crippen molar-refractivity contribution >= 4 is 0 Å². The maximum absolute atomic E-state index is 9.73. The van der Waals surface area contributed by atoms with Crippen molar-refractivity contribution in [1.29, 1.82) is 0 Å². The Morgan fingerprint density at radius 2 is 2.25 bits per heavy atom. The Labute approximate surface area is 96.0 Å². The fourth-order valence-electron chi connectivity index (χ4n) is 1.52. The predicted octanol–water partition coefficient (Wildman–Crippen LogP) is 0.295. The van der Waals surface area contributed by atoms with E-state index in [9.17, 15) is 5.11 Å². The molecular formula is C11H20N2O3. The molecule has 1 N–H and O–H groups in total. The van der Waals surface area contributed by atoms with Gasteiger partial charge in [0.25, 0.3) is 0 Å². The molecule has 0 saturated heterocycles. The Bertz CT molecular complexity index is 312. The van der Waals surface area contributed by atoms with Gasteiger partial charge in [0.2, 0.25) is 0 Å². The second-order valence-electron chi connectivity index (χ2n) is 3.83. The monoisotopic (exact) mass is 228 g/mol. The molecule has 0 saturated carbocycles. The maximum atomic E-state index is 9.73. The molecule has 1 rings (SSSR count). The number of rotatable bonds is 7. The van der Waals surface area contributed by atoms with E-state index in [2.05, 4.69) is 5.10 Å². The first-order valence-electron chi connectivity index (χ1n) is 5.37. The SMILES string of the molecule is COCCOCC(O)Cc1cc(C)nn1C. The van der Waals surface area contributed by atoms with Gasteiger partial charge in [-0.2, -0.15) is 5.10 Å². The van der Waals surface area contributed by atoms with Gasteiger partial charge in [-0.3, -0.25) is 4.68 Å². The normalized spacial score (nSPS) is 13.0. The zero-order chi connectivity index (χ0) is 12.0. The molecule has 1 heterocycles. The van der Waals surface area contributed by atoms with E-state index in [1.807, 2.05) is 20.0 Å². The molecule has 1 unspecified atom stereocenters. The van der Waals surface area contributed by atoms with Crippen LogP contribution in [0.25, 0.3) is 0 Å². The summed E-state index contributed by atoms with van der Waals surface area (Å²) >= 11 is 0. The van der Waals surface area contributed by atoms with Crippen LogP contribution in [0.15, 0.2) is 6.07 Å². The lowest BCUT2D eigenvalue weighted by Crippen LogP contribution is -2.20. The second-order valence-corrected chi connectivity index (χ2v) is 3.83. The summed E-state index contributed by atoms with van der Waals surface area (Å²) in [6, 6.07) is 1.97. The molecule has 0 spiro atoms. The van der Waals surface area contributed by atoms with Gasteiger partial charge in [0.1, 0.15) is 0 Å². The van der Waals surface area contributed by atoms with E-state index in [0.29, 0.717) is 26.2 Å². The molecule has 0 aliphatic heterocycles. The summed E-state index contributed by atoms with van der Waals surface area (Å²) in [5, 5.41) is 13.9. The fraction of sp³-hybridized carbons (Fsp3) is 0.727. The summed E-state index contributed by atoms with van der Waals surface area (Å²) in [7, 11) is 3.50. The molecule has 0 aromatic carbocycles. The summed E-state index contributed by atoms with van der Waals surface area (Å²) < 4.78 is 11.9. The van der Waals surface area contributed by atoms with Crippen LogP contribution in [0.4, 0.5) is 0 Å². The summed E-state index contributed by atoms with van der Waals surface area (Å²) in [6.07, 6.45) is 0.0660. The van der Waals surface area contributed by atoms with Gasteiger partial charge in [0, 0.05) is 26.3 Å². The van der Waals surface area contributed by atoms with E-state index < -0.39 is 6.10 Å². The number of methoxy groups -OCH3 is 1. The number of nitrogens with zero attached hydrogens (tertiary/aromatic N) is 2. The number of aromatic nitrogens is 2. The zero-order valence-corrected chi connectivity index (χ0v) is 10.1. The van der Waals surface area contributed by atoms with E-state index in [-0.39, 0.29) is 0 Å². The van der Waals surface area contributed by atoms with Crippen molar-refractivity contribution in [1.82, 2.24) is 9.78 Å². The van der Waals surface area contributed by atoms with E-state index in [0.717, 1.165) is 11.4 Å². The molecule has 92 valence electrons. The number of aliphatic hydroxyl groups excluding tert-OH is 1. The number of hydrogen-bond acceptors (Lipinski definition) is 4. The quantitative estimate of drug-likeness (QED) is 0.682. The lowest BCUT2D eigenvalue weighted by atomic mass is 10.2. The molecule has 0 aliphatic rings. The Hall–Kier alpha value is -0.910. The van der Waals surface area contributed by atoms with Gasteiger partial charge in [-0.05, 0) is 13.0 Å². The number of hydrogen-bond donors (Lipinski definition) is 1. The standard InChI is InChI=1S/C11H20N2O3/c1-9-6-10(13(2)12-9)7-11(14)8-16-5-4-15-3/h6,11,14H,4-5,7-8H2,1-3H3. The minimum absolute atomic E-state index is 0.327. The Morgan fingerprint density at radius 1 is 1.50 bits per heavy atom. The summed E-state index contributed by atoms with van der Waals surface area (Å²) in [5.41, 5.74) is 1.98. The topological polar surface area (TPSA) is 56.5 Å². The van der Waals surface area contributed by atoms with Crippen molar-refractivity contribution in [2.45, 2.75) is 19.4 Å². The van der Waals surface area contributed by atoms with E-state index in [1.165, 1.54) is 0 Å². The summed E-state index contributed by atoms with van der Waals surface area (Å²) in [4.78, 5) is 0. The van der Waals surface area contributed by atoms with Gasteiger partial charge in [0.05, 0.1) is 31.6 Å². The van der Waals surface area contributed by atoms with Crippen LogP contribution in [0.5, 0.6) is 0 Å². The van der Waals surface area contributed by atoms with Crippen LogP contribution in [0, 0.1) is 6.92 Å². The summed E-state index contributed by atoms with van der Waals surface area (Å²) in [5.74, 6) is 0. The Balaban J connectivity index is 2.28. The number of aryl methyl sites for hydroxylation is 2. The smallest absolute Gasteiger partial charge is 0.0828 e. The van der Waals surface area contributed by atoms with Gasteiger partial charge in [-0.25, -0.2) is 0 Å². The number of aliphatic hydroxyl groups is 1. The van der Waals surface area contributed by atoms with Crippen LogP contribution in [0.1, 0.15) is 11.4 Å². The van der Waals surface area contributed by atoms with Crippen LogP contribution in [0.3, 0.4) is 0 Å². The fourth-order valence-corrected chi connectivity index (χ4v) is 1.52. The minimum Gasteiger partial charge on any atom is -0.390 e. The number of ether oxygens (including phenoxy) is 2.